The predicted molar refractivity (Wildman–Crippen MR) is 103 cm³/mol. The van der Waals surface area contributed by atoms with Crippen molar-refractivity contribution in [1.29, 1.82) is 0 Å². The predicted octanol–water partition coefficient (Wildman–Crippen LogP) is 1.03. The van der Waals surface area contributed by atoms with Crippen molar-refractivity contribution in [3.8, 4) is 5.75 Å². The molecule has 2 aromatic heterocycles. The Balaban J connectivity index is 1.61. The first kappa shape index (κ1) is 19.0. The first-order valence-corrected chi connectivity index (χ1v) is 9.28. The van der Waals surface area contributed by atoms with Gasteiger partial charge in [0.05, 0.1) is 17.9 Å². The number of hydrogen-bond acceptors (Lipinski definition) is 6. The second kappa shape index (κ2) is 7.25. The maximum Gasteiger partial charge on any atom is 0.256 e. The van der Waals surface area contributed by atoms with Gasteiger partial charge in [-0.1, -0.05) is 0 Å². The van der Waals surface area contributed by atoms with Gasteiger partial charge >= 0.3 is 0 Å². The van der Waals surface area contributed by atoms with E-state index in [0.717, 1.165) is 5.69 Å². The molecule has 1 atom stereocenters. The number of aromatic nitrogens is 2. The van der Waals surface area contributed by atoms with Gasteiger partial charge in [0.25, 0.3) is 5.91 Å². The number of nitrogens with one attached hydrogen (secondary N) is 2. The van der Waals surface area contributed by atoms with Crippen molar-refractivity contribution in [1.82, 2.24) is 20.4 Å². The summed E-state index contributed by atoms with van der Waals surface area (Å²) in [7, 11) is 1.83. The van der Waals surface area contributed by atoms with Crippen LogP contribution in [0, 0.1) is 6.92 Å². The molecule has 3 N–H and O–H groups in total. The van der Waals surface area contributed by atoms with Crippen LogP contribution in [0.25, 0.3) is 11.0 Å². The molecule has 1 fully saturated rings. The van der Waals surface area contributed by atoms with Gasteiger partial charge in [0, 0.05) is 25.2 Å². The lowest BCUT2D eigenvalue weighted by Crippen LogP contribution is -2.56. The molecule has 9 heteroatoms. The lowest BCUT2D eigenvalue weighted by molar-refractivity contribution is -0.125. The van der Waals surface area contributed by atoms with Crippen LogP contribution in [0.15, 0.2) is 34.9 Å². The molecule has 152 valence electrons. The fraction of sp³-hybridized carbons (Fsp3) is 0.350. The van der Waals surface area contributed by atoms with Gasteiger partial charge in [-0.2, -0.15) is 5.10 Å². The fourth-order valence-electron chi connectivity index (χ4n) is 3.53. The van der Waals surface area contributed by atoms with Crippen molar-refractivity contribution in [2.75, 3.05) is 13.2 Å². The number of carbonyl (C=O) groups excluding carboxylic acids is 2. The average Bonchev–Trinajstić information content (AvgIpc) is 3.37. The maximum absolute atomic E-state index is 13.0. The summed E-state index contributed by atoms with van der Waals surface area (Å²) >= 11 is 0. The van der Waals surface area contributed by atoms with Crippen molar-refractivity contribution in [3.63, 3.8) is 0 Å². The van der Waals surface area contributed by atoms with Crippen molar-refractivity contribution in [2.24, 2.45) is 7.05 Å². The highest BCUT2D eigenvalue weighted by molar-refractivity contribution is 6.09. The smallest absolute Gasteiger partial charge is 0.256 e. The minimum atomic E-state index is -1.32. The summed E-state index contributed by atoms with van der Waals surface area (Å²) in [5.41, 5.74) is 0.442. The quantitative estimate of drug-likeness (QED) is 0.571. The minimum absolute atomic E-state index is 0.318. The van der Waals surface area contributed by atoms with Gasteiger partial charge in [-0.05, 0) is 37.6 Å². The summed E-state index contributed by atoms with van der Waals surface area (Å²) in [6.45, 7) is 1.94. The summed E-state index contributed by atoms with van der Waals surface area (Å²) in [5.74, 6) is 0.131. The molecule has 3 aromatic rings. The van der Waals surface area contributed by atoms with Crippen LogP contribution in [0.5, 0.6) is 5.75 Å². The molecular formula is C20H22N4O5. The van der Waals surface area contributed by atoms with Gasteiger partial charge in [-0.15, -0.1) is 0 Å². The standard InChI is InChI=1S/C20H22N4O5/c1-12-17(18(26)23-20(11-25)6-8-21-19(20)27)15-9-14(3-4-16(15)29-12)28-10-13-5-7-22-24(13)2/h3-5,7,9,25H,6,8,10-11H2,1-2H3,(H,21,27)(H,23,26). The Bertz CT molecular complexity index is 1090. The number of nitrogens with zero attached hydrogens (tertiary/aromatic N) is 2. The summed E-state index contributed by atoms with van der Waals surface area (Å²) in [5, 5.41) is 19.7. The summed E-state index contributed by atoms with van der Waals surface area (Å²) in [6.07, 6.45) is 2.02. The molecule has 0 saturated carbocycles. The Morgan fingerprint density at radius 3 is 2.93 bits per heavy atom. The highest BCUT2D eigenvalue weighted by atomic mass is 16.5. The highest BCUT2D eigenvalue weighted by Gasteiger charge is 2.44. The van der Waals surface area contributed by atoms with Crippen LogP contribution >= 0.6 is 0 Å². The van der Waals surface area contributed by atoms with E-state index in [9.17, 15) is 14.7 Å². The second-order valence-corrected chi connectivity index (χ2v) is 7.13. The molecule has 0 bridgehead atoms. The Hall–Kier alpha value is -3.33. The first-order chi connectivity index (χ1) is 13.9. The summed E-state index contributed by atoms with van der Waals surface area (Å²) < 4.78 is 13.3. The Kier molecular flexibility index (Phi) is 4.75. The number of aryl methyl sites for hydroxylation is 2. The van der Waals surface area contributed by atoms with E-state index in [2.05, 4.69) is 15.7 Å². The molecule has 0 spiro atoms. The SMILES string of the molecule is Cc1oc2ccc(OCc3ccnn3C)cc2c1C(=O)NC1(CO)CCNC1=O. The van der Waals surface area contributed by atoms with E-state index in [0.29, 0.717) is 47.6 Å². The summed E-state index contributed by atoms with van der Waals surface area (Å²) in [6, 6.07) is 7.10. The van der Waals surface area contributed by atoms with Crippen LogP contribution in [0.2, 0.25) is 0 Å². The van der Waals surface area contributed by atoms with Gasteiger partial charge in [0.1, 0.15) is 29.2 Å². The largest absolute Gasteiger partial charge is 0.487 e. The molecule has 0 aliphatic carbocycles. The maximum atomic E-state index is 13.0. The molecule has 29 heavy (non-hydrogen) atoms. The normalized spacial score (nSPS) is 18.8. The molecule has 9 nitrogen and oxygen atoms in total. The van der Waals surface area contributed by atoms with E-state index < -0.39 is 18.1 Å². The topological polar surface area (TPSA) is 119 Å². The van der Waals surface area contributed by atoms with E-state index in [1.807, 2.05) is 13.1 Å². The van der Waals surface area contributed by atoms with Gasteiger partial charge in [-0.25, -0.2) is 0 Å². The average molecular weight is 398 g/mol. The van der Waals surface area contributed by atoms with Crippen molar-refractivity contribution >= 4 is 22.8 Å². The third-order valence-electron chi connectivity index (χ3n) is 5.27. The number of aliphatic hydroxyl groups is 1. The van der Waals surface area contributed by atoms with E-state index >= 15 is 0 Å². The molecule has 1 saturated heterocycles. The highest BCUT2D eigenvalue weighted by Crippen LogP contribution is 2.30. The molecule has 1 aliphatic heterocycles. The van der Waals surface area contributed by atoms with Gasteiger partial charge < -0.3 is 24.9 Å². The Labute approximate surface area is 166 Å². The number of amides is 2. The number of aliphatic hydroxyl groups excluding tert-OH is 1. The van der Waals surface area contributed by atoms with Crippen LogP contribution in [0.1, 0.15) is 28.2 Å². The molecule has 1 unspecified atom stereocenters. The van der Waals surface area contributed by atoms with E-state index in [4.69, 9.17) is 9.15 Å². The lowest BCUT2D eigenvalue weighted by Gasteiger charge is -2.24. The van der Waals surface area contributed by atoms with Crippen LogP contribution in [-0.2, 0) is 18.4 Å². The van der Waals surface area contributed by atoms with Crippen molar-refractivity contribution in [3.05, 3.63) is 47.5 Å². The zero-order chi connectivity index (χ0) is 20.6. The molecule has 1 aliphatic rings. The summed E-state index contributed by atoms with van der Waals surface area (Å²) in [4.78, 5) is 25.1. The molecule has 1 aromatic carbocycles. The molecule has 2 amide bonds. The number of fused-ring (bicyclic) bond motifs is 1. The van der Waals surface area contributed by atoms with Crippen LogP contribution in [0.4, 0.5) is 0 Å². The van der Waals surface area contributed by atoms with Gasteiger partial charge in [0.2, 0.25) is 5.91 Å². The number of rotatable bonds is 6. The molecule has 4 rings (SSSR count). The Morgan fingerprint density at radius 1 is 1.45 bits per heavy atom. The third kappa shape index (κ3) is 3.33. The number of ether oxygens (including phenoxy) is 1. The first-order valence-electron chi connectivity index (χ1n) is 9.28. The van der Waals surface area contributed by atoms with Gasteiger partial charge in [-0.3, -0.25) is 14.3 Å². The molecular weight excluding hydrogens is 376 g/mol. The zero-order valence-electron chi connectivity index (χ0n) is 16.2. The van der Waals surface area contributed by atoms with Gasteiger partial charge in [0.15, 0.2) is 0 Å². The monoisotopic (exact) mass is 398 g/mol. The number of benzene rings is 1. The minimum Gasteiger partial charge on any atom is -0.487 e. The molecule has 0 radical (unpaired) electrons. The fourth-order valence-corrected chi connectivity index (χ4v) is 3.53. The van der Waals surface area contributed by atoms with Crippen molar-refractivity contribution in [2.45, 2.75) is 25.5 Å². The Morgan fingerprint density at radius 2 is 2.28 bits per heavy atom. The van der Waals surface area contributed by atoms with Crippen LogP contribution < -0.4 is 15.4 Å². The lowest BCUT2D eigenvalue weighted by atomic mass is 9.97. The van der Waals surface area contributed by atoms with Crippen molar-refractivity contribution < 1.29 is 23.8 Å². The number of hydrogen-bond donors (Lipinski definition) is 3. The van der Waals surface area contributed by atoms with E-state index in [1.165, 1.54) is 0 Å². The van der Waals surface area contributed by atoms with Crippen LogP contribution in [0.3, 0.4) is 0 Å². The zero-order valence-corrected chi connectivity index (χ0v) is 16.2. The van der Waals surface area contributed by atoms with E-state index in [1.54, 1.807) is 36.0 Å². The van der Waals surface area contributed by atoms with E-state index in [-0.39, 0.29) is 5.91 Å². The third-order valence-corrected chi connectivity index (χ3v) is 5.27. The number of carbonyl (C=O) groups is 2. The second-order valence-electron chi connectivity index (χ2n) is 7.13. The molecule has 3 heterocycles. The van der Waals surface area contributed by atoms with Crippen LogP contribution in [-0.4, -0.2) is 45.4 Å². The number of furan rings is 1.